The fourth-order valence-electron chi connectivity index (χ4n) is 12.5. The highest BCUT2D eigenvalue weighted by Crippen LogP contribution is 2.80. The summed E-state index contributed by atoms with van der Waals surface area (Å²) in [4.78, 5) is 29.6. The van der Waals surface area contributed by atoms with Crippen LogP contribution in [0.1, 0.15) is 43.5 Å². The summed E-state index contributed by atoms with van der Waals surface area (Å²) in [6, 6.07) is 6.32. The number of benzene rings is 1. The molecule has 0 aromatic heterocycles. The molecular weight excluding hydrogens is 610 g/mol. The molecule has 1 heterocycles. The van der Waals surface area contributed by atoms with Crippen molar-refractivity contribution < 1.29 is 53.0 Å². The average Bonchev–Trinajstić information content (AvgIpc) is 3.43. The normalized spacial score (nSPS) is 47.4. The van der Waals surface area contributed by atoms with Crippen LogP contribution in [0.25, 0.3) is 0 Å². The molecule has 47 heavy (non-hydrogen) atoms. The molecule has 1 aromatic carbocycles. The molecule has 0 amide bonds. The maximum atomic E-state index is 13.9. The van der Waals surface area contributed by atoms with Crippen molar-refractivity contribution in [1.29, 1.82) is 0 Å². The quantitative estimate of drug-likeness (QED) is 0.353. The van der Waals surface area contributed by atoms with Gasteiger partial charge >= 0.3 is 11.9 Å². The number of aliphatic hydroxyl groups is 2. The van der Waals surface area contributed by atoms with Crippen LogP contribution in [0.15, 0.2) is 24.3 Å². The Hall–Kier alpha value is -2.32. The van der Waals surface area contributed by atoms with Crippen molar-refractivity contribution in [3.8, 4) is 5.75 Å². The van der Waals surface area contributed by atoms with Gasteiger partial charge in [-0.1, -0.05) is 6.92 Å². The Kier molecular flexibility index (Phi) is 8.02. The Labute approximate surface area is 275 Å². The molecule has 260 valence electrons. The molecule has 0 radical (unpaired) electrons. The van der Waals surface area contributed by atoms with Crippen molar-refractivity contribution in [3.05, 3.63) is 29.8 Å². The van der Waals surface area contributed by atoms with E-state index >= 15 is 0 Å². The third-order valence-corrected chi connectivity index (χ3v) is 13.4. The molecule has 6 aliphatic rings. The fraction of sp³-hybridized carbons (Fsp3) is 0.771. The van der Waals surface area contributed by atoms with Crippen molar-refractivity contribution in [2.45, 2.75) is 80.9 Å². The molecule has 12 nitrogen and oxygen atoms in total. The summed E-state index contributed by atoms with van der Waals surface area (Å²) in [5.74, 6) is -2.51. The zero-order valence-corrected chi connectivity index (χ0v) is 28.3. The summed E-state index contributed by atoms with van der Waals surface area (Å²) < 4.78 is 43.1. The molecule has 3 unspecified atom stereocenters. The first-order chi connectivity index (χ1) is 22.5. The minimum Gasteiger partial charge on any atom is -0.497 e. The molecule has 12 heteroatoms. The Morgan fingerprint density at radius 1 is 1.00 bits per heavy atom. The second-order valence-electron chi connectivity index (χ2n) is 14.7. The molecule has 1 aromatic rings. The summed E-state index contributed by atoms with van der Waals surface area (Å²) in [5, 5.41) is 25.4. The lowest BCUT2D eigenvalue weighted by Crippen LogP contribution is -2.80. The molecule has 5 aliphatic carbocycles. The third kappa shape index (κ3) is 3.95. The largest absolute Gasteiger partial charge is 0.497 e. The Balaban J connectivity index is 1.48. The fourth-order valence-corrected chi connectivity index (χ4v) is 12.5. The van der Waals surface area contributed by atoms with Gasteiger partial charge in [-0.2, -0.15) is 0 Å². The number of esters is 2. The summed E-state index contributed by atoms with van der Waals surface area (Å²) >= 11 is 0. The summed E-state index contributed by atoms with van der Waals surface area (Å²) in [5.41, 5.74) is -4.08. The van der Waals surface area contributed by atoms with Gasteiger partial charge in [0.2, 0.25) is 0 Å². The molecule has 7 rings (SSSR count). The van der Waals surface area contributed by atoms with Crippen LogP contribution < -0.4 is 4.74 Å². The number of hydrogen-bond donors (Lipinski definition) is 2. The van der Waals surface area contributed by atoms with Crippen LogP contribution in [0.3, 0.4) is 0 Å². The topological polar surface area (TPSA) is 142 Å². The lowest BCUT2D eigenvalue weighted by Gasteiger charge is -2.69. The number of aliphatic hydroxyl groups excluding tert-OH is 1. The predicted molar refractivity (Wildman–Crippen MR) is 166 cm³/mol. The number of nitrogens with zero attached hydrogens (tertiary/aromatic N) is 1. The van der Waals surface area contributed by atoms with Crippen LogP contribution in [-0.4, -0.2) is 130 Å². The standard InChI is InChI=1S/C35H49NO11/c1-8-36-16-32(17-41-3)14-13-22(43-5)34-21-15-33(40)29(46-31(39)19-9-11-20(42-4)12-10-19)23(21)35(47-18(2)37,28(38)30(33)45-7)24(27(34)36)25(44-6)26(32)34/h9-12,21-30,38,40H,8,13-17H2,1-7H3/t21-,22-,23+,24?,25-,26+,27?,28-,29+,30-,32-,33-,34?,35+/m0/s1. The second kappa shape index (κ2) is 11.4. The molecule has 1 saturated heterocycles. The van der Waals surface area contributed by atoms with Crippen LogP contribution in [0.2, 0.25) is 0 Å². The SMILES string of the molecule is CCN1C[C@]2(COC)CC[C@H](OC)C34C1C([C@H](OC)[C@@H]32)[C@]1(OC(C)=O)[C@H]2[C@@H](OC(=O)c3ccc(OC)cc3)[C@@](O)(C[C@@H]24)[C@@H](OC)[C@@H]1O. The van der Waals surface area contributed by atoms with E-state index in [1.54, 1.807) is 52.7 Å². The number of piperidine rings is 1. The molecule has 5 saturated carbocycles. The van der Waals surface area contributed by atoms with Crippen molar-refractivity contribution in [3.63, 3.8) is 0 Å². The van der Waals surface area contributed by atoms with E-state index in [0.29, 0.717) is 18.9 Å². The van der Waals surface area contributed by atoms with Crippen molar-refractivity contribution in [1.82, 2.24) is 4.90 Å². The van der Waals surface area contributed by atoms with Crippen LogP contribution in [0.4, 0.5) is 0 Å². The number of methoxy groups -OCH3 is 5. The molecule has 2 N–H and O–H groups in total. The number of fused-ring (bicyclic) bond motifs is 2. The van der Waals surface area contributed by atoms with Crippen molar-refractivity contribution in [2.75, 3.05) is 55.2 Å². The van der Waals surface area contributed by atoms with E-state index in [2.05, 4.69) is 11.8 Å². The van der Waals surface area contributed by atoms with Gasteiger partial charge in [-0.25, -0.2) is 4.79 Å². The van der Waals surface area contributed by atoms with Crippen LogP contribution in [-0.2, 0) is 33.2 Å². The minimum atomic E-state index is -1.79. The van der Waals surface area contributed by atoms with Crippen LogP contribution in [0.5, 0.6) is 5.75 Å². The van der Waals surface area contributed by atoms with E-state index in [-0.39, 0.29) is 35.5 Å². The summed E-state index contributed by atoms with van der Waals surface area (Å²) in [7, 11) is 8.11. The minimum absolute atomic E-state index is 0.118. The summed E-state index contributed by atoms with van der Waals surface area (Å²) in [6.45, 7) is 5.39. The maximum absolute atomic E-state index is 13.9. The molecule has 7 bridgehead atoms. The molecule has 6 fully saturated rings. The highest BCUT2D eigenvalue weighted by atomic mass is 16.6. The number of rotatable bonds is 10. The number of ether oxygens (including phenoxy) is 7. The van der Waals surface area contributed by atoms with Gasteiger partial charge in [0.25, 0.3) is 0 Å². The van der Waals surface area contributed by atoms with Gasteiger partial charge in [0.15, 0.2) is 5.60 Å². The maximum Gasteiger partial charge on any atom is 0.338 e. The number of carbonyl (C=O) groups excluding carboxylic acids is 2. The molecular formula is C35H49NO11. The van der Waals surface area contributed by atoms with Gasteiger partial charge in [0.1, 0.15) is 29.7 Å². The highest BCUT2D eigenvalue weighted by Gasteiger charge is 2.91. The Bertz CT molecular complexity index is 1390. The lowest BCUT2D eigenvalue weighted by atomic mass is 9.43. The van der Waals surface area contributed by atoms with Crippen molar-refractivity contribution >= 4 is 11.9 Å². The van der Waals surface area contributed by atoms with E-state index in [4.69, 9.17) is 33.2 Å². The first-order valence-electron chi connectivity index (χ1n) is 16.8. The van der Waals surface area contributed by atoms with Gasteiger partial charge in [-0.05, 0) is 56.0 Å². The predicted octanol–water partition coefficient (Wildman–Crippen LogP) is 1.69. The molecule has 1 spiro atoms. The number of carbonyl (C=O) groups is 2. The number of likely N-dealkylation sites (tertiary alicyclic amines) is 1. The van der Waals surface area contributed by atoms with Gasteiger partial charge in [0.05, 0.1) is 31.5 Å². The smallest absolute Gasteiger partial charge is 0.338 e. The average molecular weight is 660 g/mol. The second-order valence-corrected chi connectivity index (χ2v) is 14.7. The monoisotopic (exact) mass is 659 g/mol. The van der Waals surface area contributed by atoms with E-state index < -0.39 is 70.7 Å². The van der Waals surface area contributed by atoms with E-state index in [0.717, 1.165) is 19.4 Å². The van der Waals surface area contributed by atoms with Gasteiger partial charge in [-0.3, -0.25) is 9.69 Å². The van der Waals surface area contributed by atoms with E-state index in [1.807, 2.05) is 0 Å². The van der Waals surface area contributed by atoms with Gasteiger partial charge in [0, 0.05) is 76.5 Å². The molecule has 1 aliphatic heterocycles. The zero-order valence-electron chi connectivity index (χ0n) is 28.3. The summed E-state index contributed by atoms with van der Waals surface area (Å²) in [6.07, 6.45) is -2.79. The molecule has 14 atom stereocenters. The first-order valence-corrected chi connectivity index (χ1v) is 16.8. The van der Waals surface area contributed by atoms with Crippen LogP contribution >= 0.6 is 0 Å². The van der Waals surface area contributed by atoms with E-state index in [1.165, 1.54) is 14.0 Å². The van der Waals surface area contributed by atoms with E-state index in [9.17, 15) is 19.8 Å². The zero-order chi connectivity index (χ0) is 33.7. The lowest BCUT2D eigenvalue weighted by molar-refractivity contribution is -0.317. The highest BCUT2D eigenvalue weighted by molar-refractivity contribution is 5.89. The third-order valence-electron chi connectivity index (χ3n) is 13.4. The Morgan fingerprint density at radius 3 is 2.30 bits per heavy atom. The number of hydrogen-bond acceptors (Lipinski definition) is 12. The van der Waals surface area contributed by atoms with Crippen LogP contribution in [0, 0.1) is 34.5 Å². The van der Waals surface area contributed by atoms with Gasteiger partial charge < -0.3 is 43.4 Å². The first kappa shape index (κ1) is 33.2. The Morgan fingerprint density at radius 2 is 1.72 bits per heavy atom. The van der Waals surface area contributed by atoms with Gasteiger partial charge in [-0.15, -0.1) is 0 Å². The van der Waals surface area contributed by atoms with Crippen molar-refractivity contribution in [2.24, 2.45) is 34.5 Å².